The van der Waals surface area contributed by atoms with Gasteiger partial charge < -0.3 is 4.42 Å². The fourth-order valence-corrected chi connectivity index (χ4v) is 2.29. The van der Waals surface area contributed by atoms with Crippen molar-refractivity contribution in [3.63, 3.8) is 0 Å². The molecular formula is C15H13NO3. The number of furan rings is 1. The van der Waals surface area contributed by atoms with E-state index in [0.29, 0.717) is 5.76 Å². The largest absolute Gasteiger partial charge is 0.467 e. The monoisotopic (exact) mass is 255 g/mol. The van der Waals surface area contributed by atoms with Gasteiger partial charge in [0.1, 0.15) is 5.76 Å². The first-order valence-corrected chi connectivity index (χ1v) is 6.16. The van der Waals surface area contributed by atoms with Crippen LogP contribution in [0.15, 0.2) is 47.1 Å². The molecule has 2 aromatic rings. The van der Waals surface area contributed by atoms with Gasteiger partial charge in [-0.2, -0.15) is 0 Å². The van der Waals surface area contributed by atoms with Crippen molar-refractivity contribution in [1.29, 1.82) is 0 Å². The van der Waals surface area contributed by atoms with Crippen molar-refractivity contribution in [2.24, 2.45) is 0 Å². The predicted octanol–water partition coefficient (Wildman–Crippen LogP) is 1.93. The van der Waals surface area contributed by atoms with E-state index in [0.717, 1.165) is 11.1 Å². The predicted molar refractivity (Wildman–Crippen MR) is 68.1 cm³/mol. The zero-order valence-electron chi connectivity index (χ0n) is 10.3. The minimum Gasteiger partial charge on any atom is -0.467 e. The van der Waals surface area contributed by atoms with Crippen LogP contribution in [0.2, 0.25) is 0 Å². The first kappa shape index (κ1) is 11.7. The van der Waals surface area contributed by atoms with Gasteiger partial charge in [0.2, 0.25) is 11.8 Å². The zero-order valence-corrected chi connectivity index (χ0v) is 10.3. The average Bonchev–Trinajstić information content (AvgIpc) is 2.87. The Bertz CT molecular complexity index is 579. The molecule has 1 aliphatic heterocycles. The Labute approximate surface area is 110 Å². The normalized spacial score (nSPS) is 15.3. The zero-order chi connectivity index (χ0) is 13.2. The van der Waals surface area contributed by atoms with E-state index < -0.39 is 0 Å². The number of hydrogen-bond acceptors (Lipinski definition) is 3. The van der Waals surface area contributed by atoms with Crippen LogP contribution in [-0.4, -0.2) is 16.7 Å². The molecule has 0 aliphatic carbocycles. The Balaban J connectivity index is 1.88. The lowest BCUT2D eigenvalue weighted by atomic mass is 10.0. The van der Waals surface area contributed by atoms with Gasteiger partial charge in [-0.15, -0.1) is 0 Å². The van der Waals surface area contributed by atoms with Crippen molar-refractivity contribution >= 4 is 11.8 Å². The number of rotatable bonds is 2. The summed E-state index contributed by atoms with van der Waals surface area (Å²) < 4.78 is 5.20. The molecule has 0 bridgehead atoms. The second kappa shape index (κ2) is 4.72. The van der Waals surface area contributed by atoms with Gasteiger partial charge in [-0.25, -0.2) is 0 Å². The van der Waals surface area contributed by atoms with Gasteiger partial charge in [0, 0.05) is 0 Å². The molecule has 1 aromatic carbocycles. The van der Waals surface area contributed by atoms with E-state index >= 15 is 0 Å². The van der Waals surface area contributed by atoms with Crippen LogP contribution < -0.4 is 0 Å². The summed E-state index contributed by atoms with van der Waals surface area (Å²) >= 11 is 0. The highest BCUT2D eigenvalue weighted by molar-refractivity contribution is 5.98. The minimum absolute atomic E-state index is 0.175. The van der Waals surface area contributed by atoms with Crippen LogP contribution in [0.25, 0.3) is 0 Å². The van der Waals surface area contributed by atoms with Crippen molar-refractivity contribution in [3.05, 3.63) is 59.5 Å². The molecule has 0 atom stereocenters. The third-order valence-electron chi connectivity index (χ3n) is 3.30. The molecule has 19 heavy (non-hydrogen) atoms. The molecule has 0 unspecified atom stereocenters. The van der Waals surface area contributed by atoms with Crippen LogP contribution in [0.1, 0.15) is 16.9 Å². The van der Waals surface area contributed by atoms with Crippen molar-refractivity contribution in [1.82, 2.24) is 4.90 Å². The molecule has 0 radical (unpaired) electrons. The maximum atomic E-state index is 12.2. The Morgan fingerprint density at radius 1 is 0.947 bits per heavy atom. The number of imide groups is 1. The fraction of sp³-hybridized carbons (Fsp3) is 0.200. The number of fused-ring (bicyclic) bond motifs is 1. The highest BCUT2D eigenvalue weighted by Gasteiger charge is 2.27. The summed E-state index contributed by atoms with van der Waals surface area (Å²) in [5, 5.41) is 0. The molecule has 2 amide bonds. The van der Waals surface area contributed by atoms with Gasteiger partial charge in [-0.1, -0.05) is 24.3 Å². The van der Waals surface area contributed by atoms with Crippen LogP contribution in [0.3, 0.4) is 0 Å². The number of carbonyl (C=O) groups is 2. The third-order valence-corrected chi connectivity index (χ3v) is 3.30. The molecule has 0 fully saturated rings. The second-order valence-electron chi connectivity index (χ2n) is 4.58. The lowest BCUT2D eigenvalue weighted by molar-refractivity contribution is -0.144. The number of nitrogens with zero attached hydrogens (tertiary/aromatic N) is 1. The molecule has 4 heteroatoms. The van der Waals surface area contributed by atoms with Crippen molar-refractivity contribution in [2.75, 3.05) is 0 Å². The SMILES string of the molecule is O=C1Cc2ccccc2CC(=O)N1Cc1ccco1. The van der Waals surface area contributed by atoms with E-state index in [-0.39, 0.29) is 31.2 Å². The van der Waals surface area contributed by atoms with Crippen LogP contribution in [-0.2, 0) is 29.0 Å². The van der Waals surface area contributed by atoms with E-state index in [9.17, 15) is 9.59 Å². The summed E-state index contributed by atoms with van der Waals surface area (Å²) in [6, 6.07) is 11.1. The molecule has 0 N–H and O–H groups in total. The first-order valence-electron chi connectivity index (χ1n) is 6.16. The molecule has 3 rings (SSSR count). The Morgan fingerprint density at radius 2 is 1.58 bits per heavy atom. The van der Waals surface area contributed by atoms with Crippen LogP contribution in [0.5, 0.6) is 0 Å². The van der Waals surface area contributed by atoms with Gasteiger partial charge >= 0.3 is 0 Å². The first-order chi connectivity index (χ1) is 9.24. The lowest BCUT2D eigenvalue weighted by Gasteiger charge is -2.16. The maximum absolute atomic E-state index is 12.2. The summed E-state index contributed by atoms with van der Waals surface area (Å²) in [6.07, 6.45) is 2.07. The summed E-state index contributed by atoms with van der Waals surface area (Å²) in [5.41, 5.74) is 1.87. The topological polar surface area (TPSA) is 50.5 Å². The Hall–Kier alpha value is -2.36. The average molecular weight is 255 g/mol. The molecule has 1 aromatic heterocycles. The second-order valence-corrected chi connectivity index (χ2v) is 4.58. The van der Waals surface area contributed by atoms with Crippen LogP contribution >= 0.6 is 0 Å². The summed E-state index contributed by atoms with van der Waals surface area (Å²) in [5.74, 6) is 0.269. The number of hydrogen-bond donors (Lipinski definition) is 0. The van der Waals surface area contributed by atoms with E-state index in [4.69, 9.17) is 4.42 Å². The Morgan fingerprint density at radius 3 is 2.11 bits per heavy atom. The lowest BCUT2D eigenvalue weighted by Crippen LogP contribution is -2.36. The van der Waals surface area contributed by atoms with Crippen molar-refractivity contribution in [3.8, 4) is 0 Å². The molecule has 96 valence electrons. The van der Waals surface area contributed by atoms with Gasteiger partial charge in [0.05, 0.1) is 25.6 Å². The molecule has 1 aliphatic rings. The van der Waals surface area contributed by atoms with Crippen LogP contribution in [0.4, 0.5) is 0 Å². The third kappa shape index (κ3) is 2.29. The molecule has 2 heterocycles. The standard InChI is InChI=1S/C15H13NO3/c17-14-8-11-4-1-2-5-12(11)9-15(18)16(14)10-13-6-3-7-19-13/h1-7H,8-10H2. The highest BCUT2D eigenvalue weighted by Crippen LogP contribution is 2.19. The molecule has 0 saturated carbocycles. The van der Waals surface area contributed by atoms with Crippen molar-refractivity contribution < 1.29 is 14.0 Å². The molecule has 0 saturated heterocycles. The number of benzene rings is 1. The molecule has 0 spiro atoms. The summed E-state index contributed by atoms with van der Waals surface area (Å²) in [6.45, 7) is 0.207. The summed E-state index contributed by atoms with van der Waals surface area (Å²) in [4.78, 5) is 25.6. The summed E-state index contributed by atoms with van der Waals surface area (Å²) in [7, 11) is 0. The minimum atomic E-state index is -0.175. The number of carbonyl (C=O) groups excluding carboxylic acids is 2. The van der Waals surface area contributed by atoms with E-state index in [1.165, 1.54) is 11.2 Å². The smallest absolute Gasteiger partial charge is 0.234 e. The van der Waals surface area contributed by atoms with Gasteiger partial charge in [0.15, 0.2) is 0 Å². The van der Waals surface area contributed by atoms with Gasteiger partial charge in [0.25, 0.3) is 0 Å². The van der Waals surface area contributed by atoms with Crippen molar-refractivity contribution in [2.45, 2.75) is 19.4 Å². The molecular weight excluding hydrogens is 242 g/mol. The van der Waals surface area contributed by atoms with Crippen LogP contribution in [0, 0.1) is 0 Å². The highest BCUT2D eigenvalue weighted by atomic mass is 16.3. The van der Waals surface area contributed by atoms with Gasteiger partial charge in [-0.05, 0) is 23.3 Å². The van der Waals surface area contributed by atoms with E-state index in [1.807, 2.05) is 24.3 Å². The van der Waals surface area contributed by atoms with E-state index in [2.05, 4.69) is 0 Å². The quantitative estimate of drug-likeness (QED) is 0.770. The maximum Gasteiger partial charge on any atom is 0.234 e. The van der Waals surface area contributed by atoms with Gasteiger partial charge in [-0.3, -0.25) is 14.5 Å². The Kier molecular flexibility index (Phi) is 2.91. The van der Waals surface area contributed by atoms with E-state index in [1.54, 1.807) is 12.1 Å². The molecule has 4 nitrogen and oxygen atoms in total. The number of amides is 2. The fourth-order valence-electron chi connectivity index (χ4n) is 2.29.